The van der Waals surface area contributed by atoms with Crippen LogP contribution in [0.5, 0.6) is 0 Å². The molecule has 4 rings (SSSR count). The first-order chi connectivity index (χ1) is 9.94. The Balaban J connectivity index is 1.71. The third-order valence-electron chi connectivity index (χ3n) is 8.62. The van der Waals surface area contributed by atoms with E-state index in [9.17, 15) is 0 Å². The molecule has 0 nitrogen and oxygen atoms in total. The molecule has 2 fully saturated rings. The van der Waals surface area contributed by atoms with E-state index in [4.69, 9.17) is 0 Å². The Morgan fingerprint density at radius 2 is 1.71 bits per heavy atom. The van der Waals surface area contributed by atoms with E-state index in [1.165, 1.54) is 57.8 Å². The lowest BCUT2D eigenvalue weighted by Crippen LogP contribution is -2.51. The molecule has 5 atom stereocenters. The maximum absolute atomic E-state index is 2.70. The number of rotatable bonds is 0. The van der Waals surface area contributed by atoms with Crippen LogP contribution in [0.1, 0.15) is 85.5 Å². The van der Waals surface area contributed by atoms with Crippen molar-refractivity contribution in [3.63, 3.8) is 0 Å². The van der Waals surface area contributed by atoms with Gasteiger partial charge in [0.05, 0.1) is 0 Å². The number of allylic oxidation sites excluding steroid dienone is 2. The lowest BCUT2D eigenvalue weighted by atomic mass is 9.46. The highest BCUT2D eigenvalue weighted by Gasteiger charge is 2.55. The predicted molar refractivity (Wildman–Crippen MR) is 90.1 cm³/mol. The summed E-state index contributed by atoms with van der Waals surface area (Å²) in [7, 11) is 0. The standard InChI is InChI=1S/C21H34/c1-14-6-5-7-15-8-9-16-17-12-13-20(2,3)18(17)10-11-19(16)21(14,15)4/h14-16,19H,5-13H2,1-4H3/t14-,15+,16-,19-,21-/m0/s1. The Morgan fingerprint density at radius 3 is 2.52 bits per heavy atom. The predicted octanol–water partition coefficient (Wildman–Crippen LogP) is 6.37. The normalized spacial score (nSPS) is 48.6. The maximum atomic E-state index is 2.70. The molecule has 0 aromatic rings. The van der Waals surface area contributed by atoms with Gasteiger partial charge in [-0.25, -0.2) is 0 Å². The zero-order valence-electron chi connectivity index (χ0n) is 14.7. The topological polar surface area (TPSA) is 0 Å². The van der Waals surface area contributed by atoms with E-state index in [0.717, 1.165) is 23.7 Å². The van der Waals surface area contributed by atoms with Gasteiger partial charge in [-0.15, -0.1) is 0 Å². The van der Waals surface area contributed by atoms with E-state index in [-0.39, 0.29) is 0 Å². The molecule has 0 aliphatic heterocycles. The summed E-state index contributed by atoms with van der Waals surface area (Å²) in [5.41, 5.74) is 5.03. The first-order valence-corrected chi connectivity index (χ1v) is 9.67. The summed E-state index contributed by atoms with van der Waals surface area (Å²) in [6.45, 7) is 10.3. The lowest BCUT2D eigenvalue weighted by Gasteiger charge is -2.59. The molecule has 0 aromatic carbocycles. The van der Waals surface area contributed by atoms with Crippen LogP contribution in [-0.2, 0) is 0 Å². The Bertz CT molecular complexity index is 468. The zero-order chi connectivity index (χ0) is 14.8. The molecule has 0 unspecified atom stereocenters. The second-order valence-corrected chi connectivity index (χ2v) is 9.61. The van der Waals surface area contributed by atoms with Gasteiger partial charge < -0.3 is 0 Å². The minimum atomic E-state index is 0.524. The molecule has 0 heterocycles. The van der Waals surface area contributed by atoms with Gasteiger partial charge in [0.25, 0.3) is 0 Å². The van der Waals surface area contributed by atoms with Gasteiger partial charge in [-0.05, 0) is 79.4 Å². The molecular formula is C21H34. The first-order valence-electron chi connectivity index (χ1n) is 9.67. The van der Waals surface area contributed by atoms with Gasteiger partial charge >= 0.3 is 0 Å². The van der Waals surface area contributed by atoms with Crippen LogP contribution in [0.25, 0.3) is 0 Å². The van der Waals surface area contributed by atoms with Crippen molar-refractivity contribution in [2.24, 2.45) is 34.5 Å². The Hall–Kier alpha value is -0.260. The van der Waals surface area contributed by atoms with Crippen molar-refractivity contribution in [2.45, 2.75) is 85.5 Å². The van der Waals surface area contributed by atoms with Crippen LogP contribution >= 0.6 is 0 Å². The van der Waals surface area contributed by atoms with Crippen molar-refractivity contribution in [3.05, 3.63) is 11.1 Å². The van der Waals surface area contributed by atoms with E-state index >= 15 is 0 Å². The Labute approximate surface area is 131 Å². The van der Waals surface area contributed by atoms with Crippen LogP contribution in [0.2, 0.25) is 0 Å². The van der Waals surface area contributed by atoms with E-state index in [1.54, 1.807) is 0 Å². The quantitative estimate of drug-likeness (QED) is 0.454. The van der Waals surface area contributed by atoms with Gasteiger partial charge in [0.2, 0.25) is 0 Å². The van der Waals surface area contributed by atoms with Crippen LogP contribution < -0.4 is 0 Å². The van der Waals surface area contributed by atoms with E-state index < -0.39 is 0 Å². The van der Waals surface area contributed by atoms with Crippen molar-refractivity contribution in [2.75, 3.05) is 0 Å². The number of hydrogen-bond acceptors (Lipinski definition) is 0. The average Bonchev–Trinajstić information content (AvgIpc) is 2.76. The smallest absolute Gasteiger partial charge is 0.0139 e. The Morgan fingerprint density at radius 1 is 0.905 bits per heavy atom. The number of hydrogen-bond donors (Lipinski definition) is 0. The maximum Gasteiger partial charge on any atom is -0.0139 e. The molecule has 0 spiro atoms. The van der Waals surface area contributed by atoms with E-state index in [0.29, 0.717) is 10.8 Å². The molecule has 4 aliphatic carbocycles. The monoisotopic (exact) mass is 286 g/mol. The van der Waals surface area contributed by atoms with Crippen LogP contribution in [0.4, 0.5) is 0 Å². The highest BCUT2D eigenvalue weighted by Crippen LogP contribution is 2.64. The molecule has 118 valence electrons. The minimum Gasteiger partial charge on any atom is -0.0670 e. The summed E-state index contributed by atoms with van der Waals surface area (Å²) >= 11 is 0. The van der Waals surface area contributed by atoms with Crippen molar-refractivity contribution < 1.29 is 0 Å². The molecule has 0 N–H and O–H groups in total. The summed E-state index contributed by atoms with van der Waals surface area (Å²) in [4.78, 5) is 0. The summed E-state index contributed by atoms with van der Waals surface area (Å²) in [6.07, 6.45) is 13.4. The summed E-state index contributed by atoms with van der Waals surface area (Å²) < 4.78 is 0. The molecule has 0 saturated heterocycles. The van der Waals surface area contributed by atoms with Crippen molar-refractivity contribution in [1.82, 2.24) is 0 Å². The molecule has 4 aliphatic rings. The molecule has 0 aromatic heterocycles. The third-order valence-corrected chi connectivity index (χ3v) is 8.62. The second-order valence-electron chi connectivity index (χ2n) is 9.61. The molecule has 21 heavy (non-hydrogen) atoms. The summed E-state index contributed by atoms with van der Waals surface area (Å²) in [5, 5.41) is 0. The van der Waals surface area contributed by atoms with Gasteiger partial charge in [-0.3, -0.25) is 0 Å². The van der Waals surface area contributed by atoms with Crippen molar-refractivity contribution in [3.8, 4) is 0 Å². The molecule has 0 amide bonds. The van der Waals surface area contributed by atoms with Crippen molar-refractivity contribution >= 4 is 0 Å². The van der Waals surface area contributed by atoms with Gasteiger partial charge in [-0.2, -0.15) is 0 Å². The summed E-state index contributed by atoms with van der Waals surface area (Å²) in [5.74, 6) is 3.98. The van der Waals surface area contributed by atoms with E-state index in [1.807, 2.05) is 11.1 Å². The fourth-order valence-corrected chi connectivity index (χ4v) is 7.15. The van der Waals surface area contributed by atoms with Crippen LogP contribution in [-0.4, -0.2) is 0 Å². The fourth-order valence-electron chi connectivity index (χ4n) is 7.15. The molecule has 0 heteroatoms. The highest BCUT2D eigenvalue weighted by molar-refractivity contribution is 5.33. The van der Waals surface area contributed by atoms with Gasteiger partial charge in [0, 0.05) is 0 Å². The average molecular weight is 287 g/mol. The fraction of sp³-hybridized carbons (Fsp3) is 0.905. The Kier molecular flexibility index (Phi) is 3.15. The SMILES string of the molecule is C[C@H]1CCC[C@@H]2CC[C@H]3C4=C(CC[C@@H]3[C@]21C)C(C)(C)CC4. The highest BCUT2D eigenvalue weighted by atomic mass is 14.6. The van der Waals surface area contributed by atoms with Crippen LogP contribution in [0.15, 0.2) is 11.1 Å². The molecule has 0 bridgehead atoms. The molecule has 0 radical (unpaired) electrons. The largest absolute Gasteiger partial charge is 0.0670 e. The van der Waals surface area contributed by atoms with Gasteiger partial charge in [-0.1, -0.05) is 51.7 Å². The number of fused-ring (bicyclic) bond motifs is 4. The third kappa shape index (κ3) is 1.86. The minimum absolute atomic E-state index is 0.524. The summed E-state index contributed by atoms with van der Waals surface area (Å²) in [6, 6.07) is 0. The van der Waals surface area contributed by atoms with Crippen LogP contribution in [0.3, 0.4) is 0 Å². The van der Waals surface area contributed by atoms with Crippen molar-refractivity contribution in [1.29, 1.82) is 0 Å². The molecular weight excluding hydrogens is 252 g/mol. The van der Waals surface area contributed by atoms with Gasteiger partial charge in [0.1, 0.15) is 0 Å². The molecule has 2 saturated carbocycles. The lowest BCUT2D eigenvalue weighted by molar-refractivity contribution is -0.0726. The second kappa shape index (κ2) is 4.62. The zero-order valence-corrected chi connectivity index (χ0v) is 14.7. The van der Waals surface area contributed by atoms with E-state index in [2.05, 4.69) is 27.7 Å². The van der Waals surface area contributed by atoms with Gasteiger partial charge in [0.15, 0.2) is 0 Å². The first kappa shape index (κ1) is 14.3. The van der Waals surface area contributed by atoms with Crippen LogP contribution in [0, 0.1) is 34.5 Å².